The van der Waals surface area contributed by atoms with Gasteiger partial charge < -0.3 is 15.2 Å². The zero-order valence-corrected chi connectivity index (χ0v) is 33.4. The first-order chi connectivity index (χ1) is 29.7. The van der Waals surface area contributed by atoms with Gasteiger partial charge >= 0.3 is 0 Å². The first-order valence-electron chi connectivity index (χ1n) is 20.7. The van der Waals surface area contributed by atoms with Crippen LogP contribution in [0.5, 0.6) is 0 Å². The summed E-state index contributed by atoms with van der Waals surface area (Å²) in [7, 11) is 0. The topological polar surface area (TPSA) is 29.0 Å². The second-order valence-electron chi connectivity index (χ2n) is 16.3. The number of para-hydroxylation sites is 2. The number of nitrogens with zero attached hydrogens (tertiary/aromatic N) is 1. The maximum atomic E-state index is 3.95. The summed E-state index contributed by atoms with van der Waals surface area (Å²) in [4.78, 5) is 0. The number of fused-ring (bicyclic) bond motifs is 11. The summed E-state index contributed by atoms with van der Waals surface area (Å²) in [6.45, 7) is 0. The van der Waals surface area contributed by atoms with E-state index in [2.05, 4.69) is 215 Å². The van der Waals surface area contributed by atoms with Crippen LogP contribution < -0.4 is 10.6 Å². The molecule has 0 fully saturated rings. The molecular weight excluding hydrogens is 747 g/mol. The second-order valence-corrected chi connectivity index (χ2v) is 17.3. The van der Waals surface area contributed by atoms with E-state index in [9.17, 15) is 0 Å². The summed E-state index contributed by atoms with van der Waals surface area (Å²) in [6.07, 6.45) is 0. The zero-order chi connectivity index (χ0) is 39.3. The van der Waals surface area contributed by atoms with Crippen molar-refractivity contribution in [3.8, 4) is 16.8 Å². The van der Waals surface area contributed by atoms with Crippen LogP contribution in [0.1, 0.15) is 23.2 Å². The summed E-state index contributed by atoms with van der Waals surface area (Å²) >= 11 is 1.91. The van der Waals surface area contributed by atoms with E-state index in [0.29, 0.717) is 0 Å². The Kier molecular flexibility index (Phi) is 7.30. The lowest BCUT2D eigenvalue weighted by molar-refractivity contribution is 0.637. The molecule has 0 aliphatic carbocycles. The molecule has 2 aromatic heterocycles. The molecule has 3 nitrogen and oxygen atoms in total. The van der Waals surface area contributed by atoms with E-state index >= 15 is 0 Å². The van der Waals surface area contributed by atoms with Gasteiger partial charge in [-0.2, -0.15) is 0 Å². The molecule has 0 amide bonds. The van der Waals surface area contributed by atoms with Gasteiger partial charge in [0.05, 0.1) is 34.5 Å². The molecule has 0 radical (unpaired) electrons. The Balaban J connectivity index is 0.949. The first kappa shape index (κ1) is 33.6. The van der Waals surface area contributed by atoms with E-state index in [1.807, 2.05) is 11.3 Å². The fourth-order valence-electron chi connectivity index (χ4n) is 9.86. The Bertz CT molecular complexity index is 3670. The molecule has 0 spiro atoms. The summed E-state index contributed by atoms with van der Waals surface area (Å²) < 4.78 is 5.16. The molecule has 282 valence electrons. The van der Waals surface area contributed by atoms with Crippen molar-refractivity contribution in [3.63, 3.8) is 0 Å². The highest BCUT2D eigenvalue weighted by atomic mass is 32.1. The van der Waals surface area contributed by atoms with Gasteiger partial charge in [-0.25, -0.2) is 0 Å². The lowest BCUT2D eigenvalue weighted by Gasteiger charge is -2.37. The number of hydrogen-bond acceptors (Lipinski definition) is 3. The number of benzene rings is 10. The number of nitrogens with one attached hydrogen (secondary N) is 2. The maximum absolute atomic E-state index is 3.95. The van der Waals surface area contributed by atoms with Crippen LogP contribution >= 0.6 is 11.3 Å². The molecule has 2 atom stereocenters. The van der Waals surface area contributed by atoms with E-state index in [4.69, 9.17) is 0 Å². The quantitative estimate of drug-likeness (QED) is 0.186. The molecule has 2 N–H and O–H groups in total. The largest absolute Gasteiger partial charge is 0.374 e. The minimum absolute atomic E-state index is 0.00343. The van der Waals surface area contributed by atoms with E-state index in [1.165, 1.54) is 96.5 Å². The van der Waals surface area contributed by atoms with E-state index in [0.717, 1.165) is 17.1 Å². The number of anilines is 2. The van der Waals surface area contributed by atoms with Gasteiger partial charge in [0, 0.05) is 36.6 Å². The molecule has 10 aromatic carbocycles. The molecule has 13 rings (SSSR count). The molecule has 0 bridgehead atoms. The molecule has 60 heavy (non-hydrogen) atoms. The Morgan fingerprint density at radius 1 is 0.367 bits per heavy atom. The lowest BCUT2D eigenvalue weighted by atomic mass is 9.89. The minimum Gasteiger partial charge on any atom is -0.374 e. The molecule has 0 saturated carbocycles. The van der Waals surface area contributed by atoms with Crippen LogP contribution in [0.4, 0.5) is 11.4 Å². The highest BCUT2D eigenvalue weighted by Gasteiger charge is 2.30. The average Bonchev–Trinajstić information content (AvgIpc) is 3.84. The zero-order valence-electron chi connectivity index (χ0n) is 32.6. The normalized spacial score (nSPS) is 15.3. The van der Waals surface area contributed by atoms with Gasteiger partial charge in [0.2, 0.25) is 0 Å². The Labute approximate surface area is 350 Å². The molecule has 4 heteroatoms. The first-order valence-corrected chi connectivity index (χ1v) is 21.5. The van der Waals surface area contributed by atoms with Gasteiger partial charge in [-0.1, -0.05) is 140 Å². The molecule has 12 aromatic rings. The summed E-state index contributed by atoms with van der Waals surface area (Å²) in [5, 5.41) is 20.7. The van der Waals surface area contributed by atoms with Crippen molar-refractivity contribution in [3.05, 3.63) is 211 Å². The van der Waals surface area contributed by atoms with Crippen molar-refractivity contribution >= 4 is 97.0 Å². The van der Waals surface area contributed by atoms with Crippen LogP contribution in [0.15, 0.2) is 200 Å². The number of rotatable bonds is 4. The number of thiophene rings is 1. The van der Waals surface area contributed by atoms with Crippen LogP contribution in [0.25, 0.3) is 91.1 Å². The van der Waals surface area contributed by atoms with Crippen molar-refractivity contribution in [1.29, 1.82) is 0 Å². The second kappa shape index (κ2) is 13.1. The third kappa shape index (κ3) is 5.21. The van der Waals surface area contributed by atoms with Gasteiger partial charge in [-0.15, -0.1) is 11.3 Å². The van der Waals surface area contributed by atoms with Gasteiger partial charge in [-0.3, -0.25) is 0 Å². The van der Waals surface area contributed by atoms with Crippen molar-refractivity contribution in [2.75, 3.05) is 10.6 Å². The average molecular weight is 784 g/mol. The SMILES string of the molecule is c1ccc(-c2ccc3cc(C4Nc5ccccc5NC4c4ccc(-n5c6cc7ccccc7cc6c6cc7sc8c9ccccc9ccc8c7cc65)cc4)ccc3c2)cc1. The van der Waals surface area contributed by atoms with E-state index in [-0.39, 0.29) is 12.1 Å². The summed E-state index contributed by atoms with van der Waals surface area (Å²) in [5.74, 6) is 0. The number of hydrogen-bond donors (Lipinski definition) is 2. The molecule has 1 aliphatic heterocycles. The Morgan fingerprint density at radius 3 is 1.78 bits per heavy atom. The highest BCUT2D eigenvalue weighted by molar-refractivity contribution is 7.26. The Hall–Kier alpha value is -7.40. The van der Waals surface area contributed by atoms with Crippen LogP contribution in [0.3, 0.4) is 0 Å². The summed E-state index contributed by atoms with van der Waals surface area (Å²) in [6, 6.07) is 74.0. The molecule has 1 aliphatic rings. The fraction of sp³-hybridized carbons (Fsp3) is 0.0357. The van der Waals surface area contributed by atoms with Crippen molar-refractivity contribution in [2.45, 2.75) is 12.1 Å². The highest BCUT2D eigenvalue weighted by Crippen LogP contribution is 2.46. The van der Waals surface area contributed by atoms with Crippen LogP contribution in [0, 0.1) is 0 Å². The molecule has 2 unspecified atom stereocenters. The van der Waals surface area contributed by atoms with Crippen molar-refractivity contribution < 1.29 is 0 Å². The van der Waals surface area contributed by atoms with Crippen LogP contribution in [-0.2, 0) is 0 Å². The van der Waals surface area contributed by atoms with Crippen molar-refractivity contribution in [2.24, 2.45) is 0 Å². The predicted molar refractivity (Wildman–Crippen MR) is 257 cm³/mol. The molecular formula is C56H37N3S. The third-order valence-corrected chi connectivity index (χ3v) is 14.0. The standard InChI is InChI=1S/C56H37N3S/c1-2-10-34(11-3-1)39-18-19-41-29-42(21-20-40(41)28-39)55-54(57-49-16-8-9-17-50(49)58-55)36-22-25-43(26-23-36)59-51-31-38-14-5-4-13-37(38)30-46(51)47-33-53-48(32-52(47)59)45-27-24-35-12-6-7-15-44(35)56(45)60-53/h1-33,54-55,57-58H. The molecule has 3 heterocycles. The van der Waals surface area contributed by atoms with Gasteiger partial charge in [-0.05, 0) is 115 Å². The van der Waals surface area contributed by atoms with E-state index in [1.54, 1.807) is 0 Å². The predicted octanol–water partition coefficient (Wildman–Crippen LogP) is 15.6. The van der Waals surface area contributed by atoms with E-state index < -0.39 is 0 Å². The fourth-order valence-corrected chi connectivity index (χ4v) is 11.1. The molecule has 0 saturated heterocycles. The minimum atomic E-state index is 0.00343. The third-order valence-electron chi connectivity index (χ3n) is 12.8. The smallest absolute Gasteiger partial charge is 0.0758 e. The van der Waals surface area contributed by atoms with Crippen LogP contribution in [-0.4, -0.2) is 4.57 Å². The maximum Gasteiger partial charge on any atom is 0.0758 e. The van der Waals surface area contributed by atoms with Crippen molar-refractivity contribution in [1.82, 2.24) is 4.57 Å². The lowest BCUT2D eigenvalue weighted by Crippen LogP contribution is -2.30. The van der Waals surface area contributed by atoms with Crippen LogP contribution in [0.2, 0.25) is 0 Å². The van der Waals surface area contributed by atoms with Gasteiger partial charge in [0.25, 0.3) is 0 Å². The summed E-state index contributed by atoms with van der Waals surface area (Å²) in [5.41, 5.74) is 10.8. The van der Waals surface area contributed by atoms with Gasteiger partial charge in [0.1, 0.15) is 0 Å². The monoisotopic (exact) mass is 783 g/mol. The van der Waals surface area contributed by atoms with Gasteiger partial charge in [0.15, 0.2) is 0 Å². The Morgan fingerprint density at radius 2 is 0.967 bits per heavy atom. The number of aromatic nitrogens is 1.